The summed E-state index contributed by atoms with van der Waals surface area (Å²) in [5.41, 5.74) is 0.856. The van der Waals surface area contributed by atoms with E-state index in [4.69, 9.17) is 5.11 Å². The van der Waals surface area contributed by atoms with E-state index in [0.29, 0.717) is 6.61 Å². The molecule has 1 saturated carbocycles. The Morgan fingerprint density at radius 3 is 2.30 bits per heavy atom. The Balaban J connectivity index is 2.13. The molecule has 2 heteroatoms. The molecule has 0 bridgehead atoms. The molecule has 1 unspecified atom stereocenters. The van der Waals surface area contributed by atoms with Crippen LogP contribution >= 0.6 is 9.24 Å². The van der Waals surface area contributed by atoms with Crippen molar-refractivity contribution in [2.45, 2.75) is 37.8 Å². The Labute approximate surface area is 65.4 Å². The van der Waals surface area contributed by atoms with Crippen LogP contribution in [0.2, 0.25) is 0 Å². The Bertz CT molecular complexity index is 87.3. The van der Waals surface area contributed by atoms with Crippen molar-refractivity contribution in [1.29, 1.82) is 0 Å². The molecule has 1 atom stereocenters. The lowest BCUT2D eigenvalue weighted by molar-refractivity contribution is 0.231. The summed E-state index contributed by atoms with van der Waals surface area (Å²) in [5, 5.41) is 8.68. The first-order valence-electron chi connectivity index (χ1n) is 4.19. The first-order chi connectivity index (χ1) is 4.83. The van der Waals surface area contributed by atoms with Gasteiger partial charge < -0.3 is 5.11 Å². The summed E-state index contributed by atoms with van der Waals surface area (Å²) in [6.07, 6.45) is 6.37. The van der Waals surface area contributed by atoms with Crippen LogP contribution in [0.25, 0.3) is 0 Å². The van der Waals surface area contributed by atoms with Crippen molar-refractivity contribution in [3.63, 3.8) is 0 Å². The maximum absolute atomic E-state index is 8.68. The quantitative estimate of drug-likeness (QED) is 0.611. The van der Waals surface area contributed by atoms with Crippen molar-refractivity contribution in [3.8, 4) is 0 Å². The topological polar surface area (TPSA) is 20.2 Å². The lowest BCUT2D eigenvalue weighted by atomic mass is 9.87. The summed E-state index contributed by atoms with van der Waals surface area (Å²) in [6.45, 7) is 0.381. The van der Waals surface area contributed by atoms with E-state index in [0.717, 1.165) is 18.0 Å². The van der Waals surface area contributed by atoms with Crippen LogP contribution in [0, 0.1) is 5.92 Å². The Kier molecular flexibility index (Phi) is 3.65. The first kappa shape index (κ1) is 8.49. The van der Waals surface area contributed by atoms with Gasteiger partial charge in [-0.1, -0.05) is 0 Å². The van der Waals surface area contributed by atoms with Gasteiger partial charge in [-0.2, -0.15) is 0 Å². The lowest BCUT2D eigenvalue weighted by Gasteiger charge is -2.25. The lowest BCUT2D eigenvalue weighted by Crippen LogP contribution is -2.14. The third-order valence-corrected chi connectivity index (χ3v) is 3.10. The van der Waals surface area contributed by atoms with Gasteiger partial charge in [0.05, 0.1) is 0 Å². The summed E-state index contributed by atoms with van der Waals surface area (Å²) >= 11 is 0. The molecule has 0 saturated heterocycles. The van der Waals surface area contributed by atoms with Crippen LogP contribution in [0.1, 0.15) is 32.1 Å². The molecule has 0 aromatic heterocycles. The summed E-state index contributed by atoms with van der Waals surface area (Å²) < 4.78 is 0. The van der Waals surface area contributed by atoms with E-state index >= 15 is 0 Å². The summed E-state index contributed by atoms with van der Waals surface area (Å²) in [7, 11) is 2.90. The van der Waals surface area contributed by atoms with Crippen molar-refractivity contribution in [1.82, 2.24) is 0 Å². The summed E-state index contributed by atoms with van der Waals surface area (Å²) in [6, 6.07) is 0. The van der Waals surface area contributed by atoms with Crippen molar-refractivity contribution in [2.24, 2.45) is 5.92 Å². The highest BCUT2D eigenvalue weighted by Crippen LogP contribution is 2.30. The first-order valence-corrected chi connectivity index (χ1v) is 4.86. The molecule has 1 aliphatic rings. The van der Waals surface area contributed by atoms with Gasteiger partial charge in [-0.15, -0.1) is 9.24 Å². The fourth-order valence-electron chi connectivity index (χ4n) is 1.66. The van der Waals surface area contributed by atoms with Crippen LogP contribution in [-0.2, 0) is 0 Å². The molecule has 0 aromatic rings. The second-order valence-electron chi connectivity index (χ2n) is 3.29. The number of aliphatic hydroxyl groups is 1. The molecule has 1 fully saturated rings. The van der Waals surface area contributed by atoms with Gasteiger partial charge in [0.25, 0.3) is 0 Å². The minimum atomic E-state index is 0.381. The summed E-state index contributed by atoms with van der Waals surface area (Å²) in [5.74, 6) is 0.821. The van der Waals surface area contributed by atoms with Crippen LogP contribution in [0.15, 0.2) is 0 Å². The molecule has 1 nitrogen and oxygen atoms in total. The van der Waals surface area contributed by atoms with Gasteiger partial charge in [-0.3, -0.25) is 0 Å². The summed E-state index contributed by atoms with van der Waals surface area (Å²) in [4.78, 5) is 0. The highest BCUT2D eigenvalue weighted by atomic mass is 31.0. The van der Waals surface area contributed by atoms with E-state index < -0.39 is 0 Å². The Morgan fingerprint density at radius 2 is 1.80 bits per heavy atom. The van der Waals surface area contributed by atoms with Crippen molar-refractivity contribution in [3.05, 3.63) is 0 Å². The number of rotatable bonds is 2. The third kappa shape index (κ3) is 2.56. The Morgan fingerprint density at radius 1 is 1.20 bits per heavy atom. The van der Waals surface area contributed by atoms with E-state index in [1.165, 1.54) is 25.7 Å². The second-order valence-corrected chi connectivity index (χ2v) is 4.24. The molecule has 0 aliphatic heterocycles. The minimum absolute atomic E-state index is 0.381. The number of hydrogen-bond acceptors (Lipinski definition) is 1. The molecule has 0 aromatic carbocycles. The zero-order valence-electron chi connectivity index (χ0n) is 6.42. The predicted octanol–water partition coefficient (Wildman–Crippen LogP) is 1.80. The highest BCUT2D eigenvalue weighted by molar-refractivity contribution is 7.17. The van der Waals surface area contributed by atoms with Crippen LogP contribution in [0.5, 0.6) is 0 Å². The third-order valence-electron chi connectivity index (χ3n) is 2.43. The van der Waals surface area contributed by atoms with Gasteiger partial charge >= 0.3 is 0 Å². The molecule has 1 aliphatic carbocycles. The van der Waals surface area contributed by atoms with E-state index in [-0.39, 0.29) is 0 Å². The van der Waals surface area contributed by atoms with Crippen LogP contribution in [0.4, 0.5) is 0 Å². The van der Waals surface area contributed by atoms with E-state index in [1.54, 1.807) is 0 Å². The smallest absolute Gasteiger partial charge is 0.0433 e. The minimum Gasteiger partial charge on any atom is -0.396 e. The maximum atomic E-state index is 8.68. The van der Waals surface area contributed by atoms with Crippen LogP contribution in [0.3, 0.4) is 0 Å². The van der Waals surface area contributed by atoms with Crippen molar-refractivity contribution >= 4 is 9.24 Å². The molecule has 1 rings (SSSR count). The molecular weight excluding hydrogens is 143 g/mol. The molecule has 10 heavy (non-hydrogen) atoms. The molecule has 0 radical (unpaired) electrons. The zero-order valence-corrected chi connectivity index (χ0v) is 7.58. The van der Waals surface area contributed by atoms with E-state index in [2.05, 4.69) is 9.24 Å². The largest absolute Gasteiger partial charge is 0.396 e. The van der Waals surface area contributed by atoms with Gasteiger partial charge in [-0.05, 0) is 43.7 Å². The average Bonchev–Trinajstić information content (AvgIpc) is 1.95. The van der Waals surface area contributed by atoms with Gasteiger partial charge in [0.1, 0.15) is 0 Å². The van der Waals surface area contributed by atoms with Gasteiger partial charge in [-0.25, -0.2) is 0 Å². The van der Waals surface area contributed by atoms with Crippen LogP contribution < -0.4 is 0 Å². The standard InChI is InChI=1S/C8H17OP/c9-6-5-7-1-3-8(10)4-2-7/h7-9H,1-6,10H2. The zero-order chi connectivity index (χ0) is 7.40. The molecule has 1 N–H and O–H groups in total. The second kappa shape index (κ2) is 4.31. The van der Waals surface area contributed by atoms with E-state index in [9.17, 15) is 0 Å². The van der Waals surface area contributed by atoms with Crippen molar-refractivity contribution < 1.29 is 5.11 Å². The average molecular weight is 160 g/mol. The fraction of sp³-hybridized carbons (Fsp3) is 1.00. The SMILES string of the molecule is OCCC1CCC(P)CC1. The highest BCUT2D eigenvalue weighted by Gasteiger charge is 2.16. The van der Waals surface area contributed by atoms with Crippen LogP contribution in [-0.4, -0.2) is 17.4 Å². The number of hydrogen-bond donors (Lipinski definition) is 1. The van der Waals surface area contributed by atoms with Gasteiger partial charge in [0, 0.05) is 6.61 Å². The van der Waals surface area contributed by atoms with Gasteiger partial charge in [0.15, 0.2) is 0 Å². The fourth-order valence-corrected chi connectivity index (χ4v) is 2.04. The maximum Gasteiger partial charge on any atom is 0.0433 e. The van der Waals surface area contributed by atoms with E-state index in [1.807, 2.05) is 0 Å². The van der Waals surface area contributed by atoms with Crippen molar-refractivity contribution in [2.75, 3.05) is 6.61 Å². The normalized spacial score (nSPS) is 34.2. The molecule has 60 valence electrons. The molecular formula is C8H17OP. The molecule has 0 heterocycles. The Hall–Kier alpha value is 0.390. The molecule has 0 spiro atoms. The molecule has 0 amide bonds. The van der Waals surface area contributed by atoms with Gasteiger partial charge in [0.2, 0.25) is 0 Å². The number of aliphatic hydroxyl groups excluding tert-OH is 1. The monoisotopic (exact) mass is 160 g/mol. The predicted molar refractivity (Wildman–Crippen MR) is 47.2 cm³/mol.